The lowest BCUT2D eigenvalue weighted by molar-refractivity contribution is -0.119. The van der Waals surface area contributed by atoms with E-state index in [-0.39, 0.29) is 23.1 Å². The number of carbonyl (C=O) groups is 2. The molecule has 5 heteroatoms. The highest BCUT2D eigenvalue weighted by Crippen LogP contribution is 2.20. The number of amides is 2. The summed E-state index contributed by atoms with van der Waals surface area (Å²) in [5.74, 6) is 0.0424. The normalized spacial score (nSPS) is 21.6. The van der Waals surface area contributed by atoms with Crippen LogP contribution in [0.2, 0.25) is 0 Å². The number of benzene rings is 1. The second-order valence-corrected chi connectivity index (χ2v) is 5.49. The first-order valence-corrected chi connectivity index (χ1v) is 6.84. The van der Waals surface area contributed by atoms with Gasteiger partial charge in [0.2, 0.25) is 5.91 Å². The van der Waals surface area contributed by atoms with Crippen molar-refractivity contribution in [3.05, 3.63) is 29.3 Å². The Morgan fingerprint density at radius 3 is 2.85 bits per heavy atom. The van der Waals surface area contributed by atoms with Gasteiger partial charge in [-0.15, -0.1) is 0 Å². The van der Waals surface area contributed by atoms with E-state index in [0.717, 1.165) is 12.0 Å². The summed E-state index contributed by atoms with van der Waals surface area (Å²) in [5.41, 5.74) is 0.905. The van der Waals surface area contributed by atoms with Crippen molar-refractivity contribution < 1.29 is 14.7 Å². The van der Waals surface area contributed by atoms with Gasteiger partial charge in [-0.3, -0.25) is 9.59 Å². The highest BCUT2D eigenvalue weighted by Gasteiger charge is 2.33. The molecular formula is C15H20N2O3. The van der Waals surface area contributed by atoms with Crippen LogP contribution in [0.5, 0.6) is 5.75 Å². The summed E-state index contributed by atoms with van der Waals surface area (Å²) in [5, 5.41) is 15.3. The molecule has 0 saturated carbocycles. The number of rotatable bonds is 4. The molecule has 1 atom stereocenters. The van der Waals surface area contributed by atoms with Gasteiger partial charge < -0.3 is 15.7 Å². The molecule has 5 nitrogen and oxygen atoms in total. The van der Waals surface area contributed by atoms with Gasteiger partial charge in [-0.05, 0) is 43.5 Å². The molecule has 0 aromatic heterocycles. The van der Waals surface area contributed by atoms with Crippen LogP contribution in [0.15, 0.2) is 18.2 Å². The summed E-state index contributed by atoms with van der Waals surface area (Å²) in [7, 11) is 0. The van der Waals surface area contributed by atoms with Crippen LogP contribution in [0, 0.1) is 0 Å². The summed E-state index contributed by atoms with van der Waals surface area (Å²) in [6.07, 6.45) is 1.90. The van der Waals surface area contributed by atoms with E-state index in [4.69, 9.17) is 0 Å². The minimum atomic E-state index is -0.364. The fourth-order valence-corrected chi connectivity index (χ4v) is 2.37. The molecule has 0 radical (unpaired) electrons. The van der Waals surface area contributed by atoms with Gasteiger partial charge in [0.1, 0.15) is 5.75 Å². The maximum Gasteiger partial charge on any atom is 0.251 e. The summed E-state index contributed by atoms with van der Waals surface area (Å²) in [6, 6.07) is 4.83. The second kappa shape index (κ2) is 5.53. The Kier molecular flexibility index (Phi) is 3.97. The van der Waals surface area contributed by atoms with Gasteiger partial charge in [0.25, 0.3) is 5.91 Å². The lowest BCUT2D eigenvalue weighted by atomic mass is 10.00. The predicted molar refractivity (Wildman–Crippen MR) is 75.6 cm³/mol. The van der Waals surface area contributed by atoms with Gasteiger partial charge >= 0.3 is 0 Å². The summed E-state index contributed by atoms with van der Waals surface area (Å²) < 4.78 is 0. The highest BCUT2D eigenvalue weighted by molar-refractivity contribution is 5.94. The van der Waals surface area contributed by atoms with E-state index in [1.807, 2.05) is 13.8 Å². The van der Waals surface area contributed by atoms with E-state index in [1.54, 1.807) is 12.1 Å². The molecule has 1 heterocycles. The Morgan fingerprint density at radius 1 is 1.50 bits per heavy atom. The number of aryl methyl sites for hydroxylation is 1. The van der Waals surface area contributed by atoms with Crippen molar-refractivity contribution in [3.8, 4) is 5.75 Å². The third-order valence-corrected chi connectivity index (χ3v) is 3.71. The van der Waals surface area contributed by atoms with Crippen LogP contribution in [0.3, 0.4) is 0 Å². The van der Waals surface area contributed by atoms with Gasteiger partial charge in [0, 0.05) is 18.5 Å². The van der Waals surface area contributed by atoms with Crippen molar-refractivity contribution in [2.45, 2.75) is 38.6 Å². The molecule has 0 aliphatic carbocycles. The maximum atomic E-state index is 12.1. The van der Waals surface area contributed by atoms with Crippen molar-refractivity contribution in [2.75, 3.05) is 6.54 Å². The summed E-state index contributed by atoms with van der Waals surface area (Å²) >= 11 is 0. The second-order valence-electron chi connectivity index (χ2n) is 5.49. The standard InChI is InChI=1S/C15H20N2O3/c1-3-10-8-11(4-5-12(10)18)14(20)16-9-15(2)7-6-13(19)17-15/h4-5,8,18H,3,6-7,9H2,1-2H3,(H,16,20)(H,17,19)/t15-/m1/s1. The fourth-order valence-electron chi connectivity index (χ4n) is 2.37. The largest absolute Gasteiger partial charge is 0.508 e. The van der Waals surface area contributed by atoms with Gasteiger partial charge in [-0.1, -0.05) is 6.92 Å². The molecule has 1 aromatic carbocycles. The van der Waals surface area contributed by atoms with Gasteiger partial charge in [0.05, 0.1) is 5.54 Å². The molecule has 0 bridgehead atoms. The number of carbonyl (C=O) groups excluding carboxylic acids is 2. The Balaban J connectivity index is 2.00. The Bertz CT molecular complexity index is 542. The van der Waals surface area contributed by atoms with E-state index in [1.165, 1.54) is 6.07 Å². The molecular weight excluding hydrogens is 256 g/mol. The minimum absolute atomic E-state index is 0.0275. The first-order valence-electron chi connectivity index (χ1n) is 6.84. The first kappa shape index (κ1) is 14.4. The van der Waals surface area contributed by atoms with Crippen molar-refractivity contribution >= 4 is 11.8 Å². The average molecular weight is 276 g/mol. The number of phenols is 1. The van der Waals surface area contributed by atoms with Crippen molar-refractivity contribution in [1.29, 1.82) is 0 Å². The van der Waals surface area contributed by atoms with Gasteiger partial charge in [-0.2, -0.15) is 0 Å². The molecule has 2 amide bonds. The number of hydrogen-bond donors (Lipinski definition) is 3. The summed E-state index contributed by atoms with van der Waals surface area (Å²) in [4.78, 5) is 23.3. The Labute approximate surface area is 118 Å². The number of aromatic hydroxyl groups is 1. The van der Waals surface area contributed by atoms with Gasteiger partial charge in [0.15, 0.2) is 0 Å². The molecule has 1 fully saturated rings. The Morgan fingerprint density at radius 2 is 2.25 bits per heavy atom. The van der Waals surface area contributed by atoms with Gasteiger partial charge in [-0.25, -0.2) is 0 Å². The monoisotopic (exact) mass is 276 g/mol. The first-order chi connectivity index (χ1) is 9.43. The van der Waals surface area contributed by atoms with Crippen LogP contribution in [-0.4, -0.2) is 29.0 Å². The van der Waals surface area contributed by atoms with Crippen LogP contribution in [0.25, 0.3) is 0 Å². The number of nitrogens with one attached hydrogen (secondary N) is 2. The van der Waals surface area contributed by atoms with E-state index in [9.17, 15) is 14.7 Å². The SMILES string of the molecule is CCc1cc(C(=O)NC[C@@]2(C)CCC(=O)N2)ccc1O. The highest BCUT2D eigenvalue weighted by atomic mass is 16.3. The zero-order valence-corrected chi connectivity index (χ0v) is 11.8. The zero-order chi connectivity index (χ0) is 14.8. The minimum Gasteiger partial charge on any atom is -0.508 e. The number of hydrogen-bond acceptors (Lipinski definition) is 3. The lowest BCUT2D eigenvalue weighted by Gasteiger charge is -2.24. The molecule has 1 aliphatic rings. The van der Waals surface area contributed by atoms with E-state index >= 15 is 0 Å². The molecule has 20 heavy (non-hydrogen) atoms. The quantitative estimate of drug-likeness (QED) is 0.777. The molecule has 1 aromatic rings. The third-order valence-electron chi connectivity index (χ3n) is 3.71. The number of phenolic OH excluding ortho intramolecular Hbond substituents is 1. The lowest BCUT2D eigenvalue weighted by Crippen LogP contribution is -2.48. The topological polar surface area (TPSA) is 78.4 Å². The Hall–Kier alpha value is -2.04. The van der Waals surface area contributed by atoms with E-state index in [0.29, 0.717) is 24.9 Å². The molecule has 3 N–H and O–H groups in total. The molecule has 2 rings (SSSR count). The molecule has 108 valence electrons. The van der Waals surface area contributed by atoms with E-state index < -0.39 is 0 Å². The summed E-state index contributed by atoms with van der Waals surface area (Å²) in [6.45, 7) is 4.25. The van der Waals surface area contributed by atoms with Crippen molar-refractivity contribution in [1.82, 2.24) is 10.6 Å². The molecule has 0 spiro atoms. The molecule has 0 unspecified atom stereocenters. The molecule has 1 saturated heterocycles. The van der Waals surface area contributed by atoms with Crippen LogP contribution in [-0.2, 0) is 11.2 Å². The third kappa shape index (κ3) is 3.10. The van der Waals surface area contributed by atoms with Crippen molar-refractivity contribution in [2.24, 2.45) is 0 Å². The van der Waals surface area contributed by atoms with Crippen LogP contribution >= 0.6 is 0 Å². The fraction of sp³-hybridized carbons (Fsp3) is 0.467. The smallest absolute Gasteiger partial charge is 0.251 e. The average Bonchev–Trinajstić information content (AvgIpc) is 2.77. The van der Waals surface area contributed by atoms with Crippen LogP contribution in [0.4, 0.5) is 0 Å². The zero-order valence-electron chi connectivity index (χ0n) is 11.8. The maximum absolute atomic E-state index is 12.1. The predicted octanol–water partition coefficient (Wildman–Crippen LogP) is 1.35. The van der Waals surface area contributed by atoms with Crippen LogP contribution < -0.4 is 10.6 Å². The van der Waals surface area contributed by atoms with E-state index in [2.05, 4.69) is 10.6 Å². The molecule has 1 aliphatic heterocycles. The van der Waals surface area contributed by atoms with Crippen molar-refractivity contribution in [3.63, 3.8) is 0 Å². The van der Waals surface area contributed by atoms with Crippen LogP contribution in [0.1, 0.15) is 42.6 Å².